The summed E-state index contributed by atoms with van der Waals surface area (Å²) in [7, 11) is 0. The predicted octanol–water partition coefficient (Wildman–Crippen LogP) is 4.69. The summed E-state index contributed by atoms with van der Waals surface area (Å²) < 4.78 is 2.15. The number of para-hydroxylation sites is 1. The van der Waals surface area contributed by atoms with Gasteiger partial charge in [-0.15, -0.1) is 10.2 Å². The maximum atomic E-state index is 13.4. The van der Waals surface area contributed by atoms with Crippen molar-refractivity contribution in [1.82, 2.24) is 20.1 Å². The zero-order valence-electron chi connectivity index (χ0n) is 18.3. The number of rotatable bonds is 6. The molecule has 2 aromatic rings. The van der Waals surface area contributed by atoms with Gasteiger partial charge >= 0.3 is 0 Å². The summed E-state index contributed by atoms with van der Waals surface area (Å²) in [5, 5.41) is 13.1. The molecule has 1 amide bonds. The van der Waals surface area contributed by atoms with Gasteiger partial charge < -0.3 is 5.32 Å². The fourth-order valence-corrected chi connectivity index (χ4v) is 7.33. The van der Waals surface area contributed by atoms with E-state index >= 15 is 0 Å². The van der Waals surface area contributed by atoms with E-state index in [-0.39, 0.29) is 11.3 Å². The molecule has 4 saturated carbocycles. The molecular formula is C24H32N4OS. The van der Waals surface area contributed by atoms with E-state index in [9.17, 15) is 4.79 Å². The fourth-order valence-electron chi connectivity index (χ4n) is 6.83. The highest BCUT2D eigenvalue weighted by atomic mass is 32.2. The van der Waals surface area contributed by atoms with Crippen molar-refractivity contribution in [2.75, 3.05) is 6.26 Å². The lowest BCUT2D eigenvalue weighted by Crippen LogP contribution is -2.53. The molecule has 1 N–H and O–H groups in total. The van der Waals surface area contributed by atoms with Crippen molar-refractivity contribution in [3.63, 3.8) is 0 Å². The van der Waals surface area contributed by atoms with E-state index in [1.165, 1.54) is 30.4 Å². The molecule has 1 aromatic heterocycles. The average molecular weight is 425 g/mol. The number of nitrogens with zero attached hydrogens (tertiary/aromatic N) is 3. The van der Waals surface area contributed by atoms with Crippen molar-refractivity contribution in [2.24, 2.45) is 23.2 Å². The van der Waals surface area contributed by atoms with Crippen LogP contribution in [0, 0.1) is 30.1 Å². The maximum Gasteiger partial charge on any atom is 0.226 e. The van der Waals surface area contributed by atoms with Crippen LogP contribution in [0.15, 0.2) is 23.4 Å². The van der Waals surface area contributed by atoms with Crippen molar-refractivity contribution in [3.05, 3.63) is 35.2 Å². The van der Waals surface area contributed by atoms with Gasteiger partial charge in [0.2, 0.25) is 5.91 Å². The number of benzene rings is 1. The lowest BCUT2D eigenvalue weighted by Gasteiger charge is -2.55. The molecule has 4 aliphatic carbocycles. The van der Waals surface area contributed by atoms with Crippen molar-refractivity contribution >= 4 is 17.7 Å². The second kappa shape index (κ2) is 7.70. The van der Waals surface area contributed by atoms with Gasteiger partial charge in [0.1, 0.15) is 0 Å². The van der Waals surface area contributed by atoms with Gasteiger partial charge in [-0.1, -0.05) is 36.9 Å². The summed E-state index contributed by atoms with van der Waals surface area (Å²) in [5.41, 5.74) is 3.52. The first kappa shape index (κ1) is 20.1. The Morgan fingerprint density at radius 3 is 2.43 bits per heavy atom. The molecule has 4 aliphatic rings. The average Bonchev–Trinajstić information content (AvgIpc) is 3.13. The second-order valence-corrected chi connectivity index (χ2v) is 10.5. The largest absolute Gasteiger partial charge is 0.348 e. The molecule has 160 valence electrons. The Balaban J connectivity index is 1.41. The molecular weight excluding hydrogens is 392 g/mol. The highest BCUT2D eigenvalue weighted by molar-refractivity contribution is 7.98. The minimum atomic E-state index is -0.126. The van der Waals surface area contributed by atoms with Crippen LogP contribution in [0.1, 0.15) is 62.4 Å². The lowest BCUT2D eigenvalue weighted by molar-refractivity contribution is -0.146. The van der Waals surface area contributed by atoms with Crippen LogP contribution in [0.3, 0.4) is 0 Å². The van der Waals surface area contributed by atoms with Gasteiger partial charge in [-0.3, -0.25) is 9.36 Å². The highest BCUT2D eigenvalue weighted by Gasteiger charge is 2.54. The molecule has 1 aromatic carbocycles. The molecule has 6 heteroatoms. The summed E-state index contributed by atoms with van der Waals surface area (Å²) >= 11 is 1.60. The van der Waals surface area contributed by atoms with Crippen LogP contribution in [0.4, 0.5) is 0 Å². The number of nitrogens with one attached hydrogen (secondary N) is 1. The predicted molar refractivity (Wildman–Crippen MR) is 120 cm³/mol. The number of thioether (sulfide) groups is 1. The van der Waals surface area contributed by atoms with Crippen LogP contribution >= 0.6 is 11.8 Å². The van der Waals surface area contributed by atoms with Gasteiger partial charge in [0.05, 0.1) is 12.2 Å². The van der Waals surface area contributed by atoms with Crippen LogP contribution in [0.25, 0.3) is 5.69 Å². The molecule has 0 radical (unpaired) electrons. The third kappa shape index (κ3) is 3.28. The van der Waals surface area contributed by atoms with Gasteiger partial charge in [-0.05, 0) is 87.0 Å². The number of amides is 1. The number of hydrogen-bond acceptors (Lipinski definition) is 4. The molecule has 4 bridgehead atoms. The summed E-state index contributed by atoms with van der Waals surface area (Å²) in [5.74, 6) is 3.39. The number of aromatic nitrogens is 3. The standard InChI is InChI=1S/C24H32N4OS/c1-4-19-7-5-6-15(2)21(19)28-20(26-27-23(28)30-3)14-25-22(29)24-11-16-8-17(12-24)10-18(9-16)13-24/h5-7,16-18H,4,8-14H2,1-3H3,(H,25,29). The Labute approximate surface area is 183 Å². The summed E-state index contributed by atoms with van der Waals surface area (Å²) in [6.45, 7) is 4.75. The molecule has 30 heavy (non-hydrogen) atoms. The van der Waals surface area contributed by atoms with E-state index in [1.807, 2.05) is 6.26 Å². The van der Waals surface area contributed by atoms with Crippen molar-refractivity contribution in [2.45, 2.75) is 70.5 Å². The summed E-state index contributed by atoms with van der Waals surface area (Å²) in [4.78, 5) is 13.4. The Morgan fingerprint density at radius 2 is 1.83 bits per heavy atom. The molecule has 0 aliphatic heterocycles. The minimum absolute atomic E-state index is 0.126. The number of aryl methyl sites for hydroxylation is 2. The molecule has 6 rings (SSSR count). The van der Waals surface area contributed by atoms with E-state index < -0.39 is 0 Å². The third-order valence-corrected chi connectivity index (χ3v) is 8.37. The molecule has 5 nitrogen and oxygen atoms in total. The van der Waals surface area contributed by atoms with E-state index in [0.29, 0.717) is 6.54 Å². The van der Waals surface area contributed by atoms with E-state index in [0.717, 1.165) is 60.1 Å². The van der Waals surface area contributed by atoms with E-state index in [2.05, 4.69) is 52.1 Å². The number of carbonyl (C=O) groups excluding carboxylic acids is 1. The number of carbonyl (C=O) groups is 1. The van der Waals surface area contributed by atoms with Crippen LogP contribution in [-0.2, 0) is 17.8 Å². The van der Waals surface area contributed by atoms with Gasteiger partial charge in [-0.2, -0.15) is 0 Å². The van der Waals surface area contributed by atoms with Crippen LogP contribution in [-0.4, -0.2) is 26.9 Å². The zero-order chi connectivity index (χ0) is 20.9. The SMILES string of the molecule is CCc1cccc(C)c1-n1c(CNC(=O)C23CC4CC(CC(C4)C2)C3)nnc1SC. The quantitative estimate of drug-likeness (QED) is 0.683. The summed E-state index contributed by atoms with van der Waals surface area (Å²) in [6, 6.07) is 6.41. The van der Waals surface area contributed by atoms with Crippen LogP contribution in [0.5, 0.6) is 0 Å². The van der Waals surface area contributed by atoms with Crippen LogP contribution < -0.4 is 5.32 Å². The molecule has 0 saturated heterocycles. The van der Waals surface area contributed by atoms with Crippen molar-refractivity contribution in [3.8, 4) is 5.69 Å². The first-order valence-electron chi connectivity index (χ1n) is 11.4. The summed E-state index contributed by atoms with van der Waals surface area (Å²) in [6.07, 6.45) is 10.3. The Hall–Kier alpha value is -1.82. The van der Waals surface area contributed by atoms with Crippen LogP contribution in [0.2, 0.25) is 0 Å². The highest BCUT2D eigenvalue weighted by Crippen LogP contribution is 2.60. The fraction of sp³-hybridized carbons (Fsp3) is 0.625. The zero-order valence-corrected chi connectivity index (χ0v) is 19.1. The smallest absolute Gasteiger partial charge is 0.226 e. The molecule has 0 unspecified atom stereocenters. The normalized spacial score (nSPS) is 29.4. The van der Waals surface area contributed by atoms with Crippen molar-refractivity contribution in [1.29, 1.82) is 0 Å². The Morgan fingerprint density at radius 1 is 1.17 bits per heavy atom. The molecule has 0 atom stereocenters. The Bertz CT molecular complexity index is 931. The lowest BCUT2D eigenvalue weighted by atomic mass is 9.49. The first-order valence-corrected chi connectivity index (χ1v) is 12.6. The molecule has 0 spiro atoms. The topological polar surface area (TPSA) is 59.8 Å². The minimum Gasteiger partial charge on any atom is -0.348 e. The van der Waals surface area contributed by atoms with Gasteiger partial charge in [-0.25, -0.2) is 0 Å². The molecule has 1 heterocycles. The monoisotopic (exact) mass is 424 g/mol. The van der Waals surface area contributed by atoms with Gasteiger partial charge in [0.25, 0.3) is 0 Å². The van der Waals surface area contributed by atoms with E-state index in [4.69, 9.17) is 0 Å². The second-order valence-electron chi connectivity index (χ2n) is 9.76. The van der Waals surface area contributed by atoms with Gasteiger partial charge in [0, 0.05) is 5.41 Å². The number of hydrogen-bond donors (Lipinski definition) is 1. The first-order chi connectivity index (χ1) is 14.5. The maximum absolute atomic E-state index is 13.4. The van der Waals surface area contributed by atoms with E-state index in [1.54, 1.807) is 11.8 Å². The van der Waals surface area contributed by atoms with Gasteiger partial charge in [0.15, 0.2) is 11.0 Å². The van der Waals surface area contributed by atoms with Crippen molar-refractivity contribution < 1.29 is 4.79 Å². The third-order valence-electron chi connectivity index (χ3n) is 7.74. The Kier molecular flexibility index (Phi) is 5.16. The molecule has 4 fully saturated rings.